The SMILES string of the molecule is Cc1cc(C)c(S(=O)(=O)N2CCN(c3ccccc3S(N)(=O)=O)CC2)nc1NC1CCN(c2ccccc2C#N)CC1. The number of nitrogens with two attached hydrogens (primary N) is 1. The number of aryl methyl sites for hydroxylation is 2. The summed E-state index contributed by atoms with van der Waals surface area (Å²) in [7, 11) is -7.82. The van der Waals surface area contributed by atoms with Crippen LogP contribution in [0.1, 0.15) is 29.5 Å². The van der Waals surface area contributed by atoms with Gasteiger partial charge in [0.25, 0.3) is 10.0 Å². The van der Waals surface area contributed by atoms with Gasteiger partial charge in [-0.25, -0.2) is 27.0 Å². The van der Waals surface area contributed by atoms with E-state index in [2.05, 4.69) is 21.3 Å². The van der Waals surface area contributed by atoms with Crippen molar-refractivity contribution in [3.8, 4) is 6.07 Å². The molecule has 2 aromatic carbocycles. The molecule has 0 amide bonds. The first-order valence-corrected chi connectivity index (χ1v) is 16.8. The molecule has 11 nitrogen and oxygen atoms in total. The van der Waals surface area contributed by atoms with Gasteiger partial charge in [-0.15, -0.1) is 0 Å². The third-order valence-corrected chi connectivity index (χ3v) is 10.8. The van der Waals surface area contributed by atoms with Crippen LogP contribution in [-0.4, -0.2) is 71.4 Å². The van der Waals surface area contributed by atoms with E-state index in [1.54, 1.807) is 25.1 Å². The average Bonchev–Trinajstić information content (AvgIpc) is 2.98. The molecule has 3 aromatic rings. The van der Waals surface area contributed by atoms with Gasteiger partial charge in [0, 0.05) is 45.3 Å². The van der Waals surface area contributed by atoms with Gasteiger partial charge in [0.05, 0.1) is 16.9 Å². The number of nitriles is 1. The fourth-order valence-electron chi connectivity index (χ4n) is 5.69. The number of pyridine rings is 1. The van der Waals surface area contributed by atoms with Crippen molar-refractivity contribution in [2.45, 2.75) is 42.7 Å². The maximum absolute atomic E-state index is 13.8. The van der Waals surface area contributed by atoms with Crippen LogP contribution in [0.15, 0.2) is 64.5 Å². The van der Waals surface area contributed by atoms with E-state index in [1.165, 1.54) is 10.4 Å². The first kappa shape index (κ1) is 29.8. The summed E-state index contributed by atoms with van der Waals surface area (Å²) < 4.78 is 53.1. The lowest BCUT2D eigenvalue weighted by Crippen LogP contribution is -2.49. The largest absolute Gasteiger partial charge is 0.370 e. The number of benzene rings is 2. The summed E-state index contributed by atoms with van der Waals surface area (Å²) in [6.45, 7) is 6.20. The molecule has 0 radical (unpaired) electrons. The average molecular weight is 610 g/mol. The summed E-state index contributed by atoms with van der Waals surface area (Å²) in [5.74, 6) is 0.552. The highest BCUT2D eigenvalue weighted by Crippen LogP contribution is 2.30. The van der Waals surface area contributed by atoms with Gasteiger partial charge in [-0.3, -0.25) is 0 Å². The van der Waals surface area contributed by atoms with Gasteiger partial charge in [-0.2, -0.15) is 9.57 Å². The number of rotatable bonds is 7. The number of primary sulfonamides is 1. The molecule has 13 heteroatoms. The molecule has 2 fully saturated rings. The van der Waals surface area contributed by atoms with Gasteiger partial charge in [0.1, 0.15) is 16.8 Å². The van der Waals surface area contributed by atoms with E-state index in [0.29, 0.717) is 35.7 Å². The van der Waals surface area contributed by atoms with Crippen molar-refractivity contribution >= 4 is 37.2 Å². The fourth-order valence-corrected chi connectivity index (χ4v) is 8.01. The second-order valence-electron chi connectivity index (χ2n) is 10.7. The minimum Gasteiger partial charge on any atom is -0.370 e. The third-order valence-electron chi connectivity index (χ3n) is 7.89. The molecule has 42 heavy (non-hydrogen) atoms. The molecule has 1 aromatic heterocycles. The van der Waals surface area contributed by atoms with E-state index in [4.69, 9.17) is 5.14 Å². The highest BCUT2D eigenvalue weighted by molar-refractivity contribution is 7.89. The molecule has 3 N–H and O–H groups in total. The highest BCUT2D eigenvalue weighted by Gasteiger charge is 2.33. The number of piperazine rings is 1. The number of para-hydroxylation sites is 2. The van der Waals surface area contributed by atoms with Crippen LogP contribution in [0.25, 0.3) is 0 Å². The summed E-state index contributed by atoms with van der Waals surface area (Å²) in [6.07, 6.45) is 1.64. The number of nitrogens with one attached hydrogen (secondary N) is 1. The fraction of sp³-hybridized carbons (Fsp3) is 0.379. The molecule has 0 spiro atoms. The number of sulfonamides is 2. The molecule has 2 aliphatic heterocycles. The Hall–Kier alpha value is -3.70. The number of anilines is 3. The van der Waals surface area contributed by atoms with E-state index >= 15 is 0 Å². The van der Waals surface area contributed by atoms with Crippen molar-refractivity contribution in [3.63, 3.8) is 0 Å². The number of hydrogen-bond acceptors (Lipinski definition) is 9. The van der Waals surface area contributed by atoms with Gasteiger partial charge in [0.15, 0.2) is 5.03 Å². The first-order chi connectivity index (χ1) is 20.0. The summed E-state index contributed by atoms with van der Waals surface area (Å²) in [6, 6.07) is 18.3. The normalized spacial score (nSPS) is 17.2. The number of piperidine rings is 1. The predicted octanol–water partition coefficient (Wildman–Crippen LogP) is 2.81. The van der Waals surface area contributed by atoms with Crippen molar-refractivity contribution < 1.29 is 16.8 Å². The van der Waals surface area contributed by atoms with Crippen molar-refractivity contribution in [2.24, 2.45) is 5.14 Å². The van der Waals surface area contributed by atoms with Crippen LogP contribution in [0.5, 0.6) is 0 Å². The van der Waals surface area contributed by atoms with Crippen molar-refractivity contribution in [1.82, 2.24) is 9.29 Å². The van der Waals surface area contributed by atoms with Gasteiger partial charge < -0.3 is 15.1 Å². The highest BCUT2D eigenvalue weighted by atomic mass is 32.2. The Labute approximate surface area is 247 Å². The lowest BCUT2D eigenvalue weighted by atomic mass is 10.0. The molecule has 222 valence electrons. The van der Waals surface area contributed by atoms with Gasteiger partial charge in [-0.1, -0.05) is 24.3 Å². The van der Waals surface area contributed by atoms with Gasteiger partial charge >= 0.3 is 0 Å². The van der Waals surface area contributed by atoms with Crippen LogP contribution in [0, 0.1) is 25.2 Å². The van der Waals surface area contributed by atoms with Crippen LogP contribution >= 0.6 is 0 Å². The number of aromatic nitrogens is 1. The molecular weight excluding hydrogens is 574 g/mol. The Morgan fingerprint density at radius 3 is 2.10 bits per heavy atom. The zero-order valence-corrected chi connectivity index (χ0v) is 25.3. The summed E-state index contributed by atoms with van der Waals surface area (Å²) in [4.78, 5) is 8.71. The second-order valence-corrected chi connectivity index (χ2v) is 14.1. The summed E-state index contributed by atoms with van der Waals surface area (Å²) >= 11 is 0. The smallest absolute Gasteiger partial charge is 0.260 e. The minimum atomic E-state index is -3.92. The molecule has 0 saturated carbocycles. The summed E-state index contributed by atoms with van der Waals surface area (Å²) in [5.41, 5.74) is 3.50. The molecule has 0 aliphatic carbocycles. The number of hydrogen-bond donors (Lipinski definition) is 2. The van der Waals surface area contributed by atoms with Crippen molar-refractivity contribution in [2.75, 3.05) is 54.4 Å². The molecule has 5 rings (SSSR count). The summed E-state index contributed by atoms with van der Waals surface area (Å²) in [5, 5.41) is 18.4. The molecular formula is C29H35N7O4S2. The van der Waals surface area contributed by atoms with Crippen LogP contribution in [-0.2, 0) is 20.0 Å². The zero-order chi connectivity index (χ0) is 30.1. The Morgan fingerprint density at radius 2 is 1.45 bits per heavy atom. The maximum Gasteiger partial charge on any atom is 0.260 e. The van der Waals surface area contributed by atoms with Crippen LogP contribution in [0.3, 0.4) is 0 Å². The lowest BCUT2D eigenvalue weighted by Gasteiger charge is -2.36. The number of nitrogens with zero attached hydrogens (tertiary/aromatic N) is 5. The molecule has 0 unspecified atom stereocenters. The van der Waals surface area contributed by atoms with Crippen molar-refractivity contribution in [3.05, 3.63) is 71.3 Å². The minimum absolute atomic E-state index is 0.0215. The van der Waals surface area contributed by atoms with E-state index in [-0.39, 0.29) is 29.1 Å². The topological polar surface area (TPSA) is 153 Å². The van der Waals surface area contributed by atoms with Crippen molar-refractivity contribution in [1.29, 1.82) is 5.26 Å². The Bertz CT molecular complexity index is 1720. The van der Waals surface area contributed by atoms with Gasteiger partial charge in [-0.05, 0) is 68.1 Å². The second kappa shape index (κ2) is 11.9. The zero-order valence-electron chi connectivity index (χ0n) is 23.7. The van der Waals surface area contributed by atoms with E-state index < -0.39 is 20.0 Å². The van der Waals surface area contributed by atoms with Crippen LogP contribution in [0.4, 0.5) is 17.2 Å². The lowest BCUT2D eigenvalue weighted by molar-refractivity contribution is 0.382. The molecule has 0 atom stereocenters. The maximum atomic E-state index is 13.8. The Kier molecular flexibility index (Phi) is 8.43. The van der Waals surface area contributed by atoms with E-state index in [1.807, 2.05) is 42.2 Å². The quantitative estimate of drug-likeness (QED) is 0.412. The van der Waals surface area contributed by atoms with Crippen LogP contribution in [0.2, 0.25) is 0 Å². The van der Waals surface area contributed by atoms with Crippen LogP contribution < -0.4 is 20.3 Å². The standard InChI is InChI=1S/C29H35N7O4S2/c1-21-19-22(2)29(33-28(21)32-24-11-13-34(14-12-24)25-8-4-3-7-23(25)20-30)42(39,40)36-17-15-35(16-18-36)26-9-5-6-10-27(26)41(31,37)38/h3-10,19,24H,11-18H2,1-2H3,(H,32,33)(H2,31,37,38). The Balaban J connectivity index is 1.28. The van der Waals surface area contributed by atoms with E-state index in [0.717, 1.165) is 37.2 Å². The molecule has 0 bridgehead atoms. The molecule has 2 aliphatic rings. The first-order valence-electron chi connectivity index (χ1n) is 13.8. The third kappa shape index (κ3) is 6.07. The monoisotopic (exact) mass is 609 g/mol. The molecule has 2 saturated heterocycles. The Morgan fingerprint density at radius 1 is 0.857 bits per heavy atom. The van der Waals surface area contributed by atoms with E-state index in [9.17, 15) is 22.1 Å². The van der Waals surface area contributed by atoms with Gasteiger partial charge in [0.2, 0.25) is 10.0 Å². The predicted molar refractivity (Wildman–Crippen MR) is 163 cm³/mol. The molecule has 3 heterocycles.